The maximum absolute atomic E-state index is 11.7. The largest absolute Gasteiger partial charge is 0.379 e. The number of hydrogen-bond donors (Lipinski definition) is 2. The molecule has 2 rings (SSSR count). The van der Waals surface area contributed by atoms with Gasteiger partial charge in [0.05, 0.1) is 19.3 Å². The van der Waals surface area contributed by atoms with Crippen molar-refractivity contribution >= 4 is 17.5 Å². The molecule has 6 heteroatoms. The number of carbonyl (C=O) groups excluding carboxylic acids is 1. The van der Waals surface area contributed by atoms with Gasteiger partial charge in [0, 0.05) is 37.6 Å². The first kappa shape index (κ1) is 16.2. The van der Waals surface area contributed by atoms with E-state index >= 15 is 0 Å². The highest BCUT2D eigenvalue weighted by Gasteiger charge is 2.23. The Hall–Kier alpha value is -1.14. The van der Waals surface area contributed by atoms with Crippen LogP contribution in [0.5, 0.6) is 0 Å². The van der Waals surface area contributed by atoms with Gasteiger partial charge in [-0.25, -0.2) is 0 Å². The van der Waals surface area contributed by atoms with Crippen molar-refractivity contribution in [3.8, 4) is 0 Å². The fraction of sp³-hybridized carbons (Fsp3) is 0.533. The Morgan fingerprint density at radius 3 is 2.62 bits per heavy atom. The molecule has 1 saturated heterocycles. The van der Waals surface area contributed by atoms with Gasteiger partial charge < -0.3 is 15.8 Å². The normalized spacial score (nSPS) is 17.4. The fourth-order valence-corrected chi connectivity index (χ4v) is 2.59. The van der Waals surface area contributed by atoms with Crippen LogP contribution in [-0.2, 0) is 9.53 Å². The summed E-state index contributed by atoms with van der Waals surface area (Å²) in [6.45, 7) is 4.11. The topological polar surface area (TPSA) is 67.6 Å². The smallest absolute Gasteiger partial charge is 0.221 e. The summed E-state index contributed by atoms with van der Waals surface area (Å²) in [5, 5.41) is 3.67. The first-order chi connectivity index (χ1) is 10.2. The fourth-order valence-electron chi connectivity index (χ4n) is 2.46. The second-order valence-corrected chi connectivity index (χ2v) is 5.49. The van der Waals surface area contributed by atoms with Crippen LogP contribution in [0, 0.1) is 0 Å². The van der Waals surface area contributed by atoms with E-state index in [1.807, 2.05) is 24.3 Å². The van der Waals surface area contributed by atoms with Crippen LogP contribution in [0.25, 0.3) is 0 Å². The summed E-state index contributed by atoms with van der Waals surface area (Å²) in [6.07, 6.45) is 0.358. The Bertz CT molecular complexity index is 447. The van der Waals surface area contributed by atoms with Gasteiger partial charge in [-0.15, -0.1) is 0 Å². The molecule has 1 amide bonds. The number of ether oxygens (including phenoxy) is 1. The second kappa shape index (κ2) is 8.34. The van der Waals surface area contributed by atoms with E-state index in [2.05, 4.69) is 10.2 Å². The number of carbonyl (C=O) groups is 1. The van der Waals surface area contributed by atoms with E-state index in [0.29, 0.717) is 24.5 Å². The third-order valence-corrected chi connectivity index (χ3v) is 3.86. The number of nitrogens with one attached hydrogen (secondary N) is 1. The summed E-state index contributed by atoms with van der Waals surface area (Å²) in [5.74, 6) is -0.00952. The average molecular weight is 312 g/mol. The maximum Gasteiger partial charge on any atom is 0.221 e. The molecule has 1 aromatic carbocycles. The molecule has 0 aromatic heterocycles. The monoisotopic (exact) mass is 311 g/mol. The first-order valence-electron chi connectivity index (χ1n) is 7.24. The summed E-state index contributed by atoms with van der Waals surface area (Å²) < 4.78 is 5.40. The minimum absolute atomic E-state index is 0.00952. The Balaban J connectivity index is 2.05. The quantitative estimate of drug-likeness (QED) is 0.828. The predicted molar refractivity (Wildman–Crippen MR) is 83.3 cm³/mol. The van der Waals surface area contributed by atoms with Gasteiger partial charge in [-0.3, -0.25) is 9.69 Å². The highest BCUT2D eigenvalue weighted by atomic mass is 35.5. The van der Waals surface area contributed by atoms with E-state index in [0.717, 1.165) is 31.9 Å². The molecule has 116 valence electrons. The van der Waals surface area contributed by atoms with Crippen LogP contribution < -0.4 is 11.1 Å². The van der Waals surface area contributed by atoms with Gasteiger partial charge in [-0.2, -0.15) is 0 Å². The molecule has 1 fully saturated rings. The molecule has 21 heavy (non-hydrogen) atoms. The molecule has 1 aliphatic heterocycles. The molecule has 1 aliphatic rings. The molecule has 1 unspecified atom stereocenters. The number of amides is 1. The van der Waals surface area contributed by atoms with Crippen LogP contribution in [0.15, 0.2) is 24.3 Å². The van der Waals surface area contributed by atoms with Gasteiger partial charge in [0.2, 0.25) is 5.91 Å². The van der Waals surface area contributed by atoms with Crippen LogP contribution in [-0.4, -0.2) is 50.2 Å². The van der Waals surface area contributed by atoms with Crippen LogP contribution in [0.3, 0.4) is 0 Å². The van der Waals surface area contributed by atoms with E-state index in [9.17, 15) is 4.79 Å². The molecule has 1 atom stereocenters. The molecule has 0 saturated carbocycles. The van der Waals surface area contributed by atoms with Crippen molar-refractivity contribution in [2.75, 3.05) is 39.4 Å². The lowest BCUT2D eigenvalue weighted by Gasteiger charge is -2.35. The number of morpholine rings is 1. The van der Waals surface area contributed by atoms with E-state index in [-0.39, 0.29) is 11.9 Å². The highest BCUT2D eigenvalue weighted by molar-refractivity contribution is 6.30. The zero-order valence-electron chi connectivity index (χ0n) is 12.1. The van der Waals surface area contributed by atoms with Gasteiger partial charge in [0.15, 0.2) is 0 Å². The van der Waals surface area contributed by atoms with E-state index in [1.165, 1.54) is 0 Å². The summed E-state index contributed by atoms with van der Waals surface area (Å²) in [6, 6.07) is 7.92. The summed E-state index contributed by atoms with van der Waals surface area (Å²) >= 11 is 5.95. The zero-order valence-corrected chi connectivity index (χ0v) is 12.8. The SMILES string of the molecule is NCCC(=O)NCC(c1ccc(Cl)cc1)N1CCOCC1. The molecular weight excluding hydrogens is 290 g/mol. The molecule has 0 aliphatic carbocycles. The van der Waals surface area contributed by atoms with Crippen LogP contribution in [0.2, 0.25) is 5.02 Å². The van der Waals surface area contributed by atoms with Crippen LogP contribution in [0.1, 0.15) is 18.0 Å². The minimum Gasteiger partial charge on any atom is -0.379 e. The number of nitrogens with zero attached hydrogens (tertiary/aromatic N) is 1. The predicted octanol–water partition coefficient (Wildman–Crippen LogP) is 1.18. The number of nitrogens with two attached hydrogens (primary N) is 1. The Kier molecular flexibility index (Phi) is 6.45. The number of halogens is 1. The average Bonchev–Trinajstić information content (AvgIpc) is 2.50. The van der Waals surface area contributed by atoms with Gasteiger partial charge in [0.1, 0.15) is 0 Å². The number of hydrogen-bond acceptors (Lipinski definition) is 4. The van der Waals surface area contributed by atoms with Gasteiger partial charge in [-0.05, 0) is 17.7 Å². The molecule has 5 nitrogen and oxygen atoms in total. The molecule has 0 spiro atoms. The number of rotatable bonds is 6. The van der Waals surface area contributed by atoms with Crippen molar-refractivity contribution in [3.63, 3.8) is 0 Å². The molecule has 1 aromatic rings. The lowest BCUT2D eigenvalue weighted by molar-refractivity contribution is -0.121. The van der Waals surface area contributed by atoms with Crippen LogP contribution >= 0.6 is 11.6 Å². The summed E-state index contributed by atoms with van der Waals surface area (Å²) in [4.78, 5) is 14.0. The summed E-state index contributed by atoms with van der Waals surface area (Å²) in [5.41, 5.74) is 6.55. The third-order valence-electron chi connectivity index (χ3n) is 3.61. The molecule has 1 heterocycles. The minimum atomic E-state index is -0.00952. The van der Waals surface area contributed by atoms with Gasteiger partial charge >= 0.3 is 0 Å². The van der Waals surface area contributed by atoms with Gasteiger partial charge in [-0.1, -0.05) is 23.7 Å². The van der Waals surface area contributed by atoms with E-state index in [1.54, 1.807) is 0 Å². The lowest BCUT2D eigenvalue weighted by Crippen LogP contribution is -2.44. The van der Waals surface area contributed by atoms with E-state index < -0.39 is 0 Å². The van der Waals surface area contributed by atoms with Crippen molar-refractivity contribution in [3.05, 3.63) is 34.9 Å². The van der Waals surface area contributed by atoms with Crippen molar-refractivity contribution in [1.82, 2.24) is 10.2 Å². The lowest BCUT2D eigenvalue weighted by atomic mass is 10.0. The van der Waals surface area contributed by atoms with Crippen molar-refractivity contribution < 1.29 is 9.53 Å². The zero-order chi connectivity index (χ0) is 15.1. The molecule has 0 bridgehead atoms. The number of benzene rings is 1. The molecular formula is C15H22ClN3O2. The Morgan fingerprint density at radius 1 is 1.33 bits per heavy atom. The maximum atomic E-state index is 11.7. The molecule has 3 N–H and O–H groups in total. The van der Waals surface area contributed by atoms with Crippen molar-refractivity contribution in [2.45, 2.75) is 12.5 Å². The molecule has 0 radical (unpaired) electrons. The Morgan fingerprint density at radius 2 is 2.00 bits per heavy atom. The first-order valence-corrected chi connectivity index (χ1v) is 7.62. The van der Waals surface area contributed by atoms with E-state index in [4.69, 9.17) is 22.1 Å². The van der Waals surface area contributed by atoms with Gasteiger partial charge in [0.25, 0.3) is 0 Å². The standard InChI is InChI=1S/C15H22ClN3O2/c16-13-3-1-12(2-4-13)14(11-18-15(20)5-6-17)19-7-9-21-10-8-19/h1-4,14H,5-11,17H2,(H,18,20). The van der Waals surface area contributed by atoms with Crippen molar-refractivity contribution in [1.29, 1.82) is 0 Å². The van der Waals surface area contributed by atoms with Crippen molar-refractivity contribution in [2.24, 2.45) is 5.73 Å². The highest BCUT2D eigenvalue weighted by Crippen LogP contribution is 2.23. The third kappa shape index (κ3) is 4.97. The second-order valence-electron chi connectivity index (χ2n) is 5.06. The Labute approximate surface area is 130 Å². The van der Waals surface area contributed by atoms with Crippen LogP contribution in [0.4, 0.5) is 0 Å². The summed E-state index contributed by atoms with van der Waals surface area (Å²) in [7, 11) is 0.